The Bertz CT molecular complexity index is 644. The van der Waals surface area contributed by atoms with Crippen LogP contribution in [-0.2, 0) is 16.1 Å². The fraction of sp³-hybridized carbons (Fsp3) is 0.667. The van der Waals surface area contributed by atoms with Crippen molar-refractivity contribution in [3.63, 3.8) is 0 Å². The lowest BCUT2D eigenvalue weighted by atomic mass is 9.67. The van der Waals surface area contributed by atoms with Gasteiger partial charge >= 0.3 is 0 Å². The Morgan fingerprint density at radius 2 is 2.12 bits per heavy atom. The van der Waals surface area contributed by atoms with E-state index in [1.807, 2.05) is 11.9 Å². The molecule has 4 rings (SSSR count). The predicted molar refractivity (Wildman–Crippen MR) is 103 cm³/mol. The molecule has 2 aliphatic heterocycles. The van der Waals surface area contributed by atoms with E-state index in [4.69, 9.17) is 4.74 Å². The molecule has 2 heterocycles. The van der Waals surface area contributed by atoms with Crippen molar-refractivity contribution in [3.05, 3.63) is 29.8 Å². The van der Waals surface area contributed by atoms with Crippen molar-refractivity contribution >= 4 is 11.6 Å². The summed E-state index contributed by atoms with van der Waals surface area (Å²) in [5.74, 6) is 0.852. The van der Waals surface area contributed by atoms with Gasteiger partial charge in [-0.2, -0.15) is 0 Å². The van der Waals surface area contributed by atoms with E-state index in [1.165, 1.54) is 30.5 Å². The second-order valence-corrected chi connectivity index (χ2v) is 8.12. The number of morpholine rings is 1. The molecule has 1 aromatic carbocycles. The summed E-state index contributed by atoms with van der Waals surface area (Å²) in [6.07, 6.45) is 4.68. The van der Waals surface area contributed by atoms with E-state index >= 15 is 0 Å². The van der Waals surface area contributed by atoms with Crippen LogP contribution in [0.4, 0.5) is 5.69 Å². The molecule has 26 heavy (non-hydrogen) atoms. The number of carbonyl (C=O) groups excluding carboxylic acids is 1. The quantitative estimate of drug-likeness (QED) is 0.898. The number of hydrogen-bond acceptors (Lipinski definition) is 4. The summed E-state index contributed by atoms with van der Waals surface area (Å²) in [4.78, 5) is 17.8. The molecule has 1 aromatic rings. The molecule has 0 bridgehead atoms. The van der Waals surface area contributed by atoms with E-state index < -0.39 is 0 Å². The summed E-state index contributed by atoms with van der Waals surface area (Å²) < 4.78 is 5.49. The molecule has 2 saturated heterocycles. The molecule has 0 spiro atoms. The van der Waals surface area contributed by atoms with Crippen molar-refractivity contribution in [1.82, 2.24) is 10.2 Å². The third-order valence-electron chi connectivity index (χ3n) is 6.56. The molecule has 5 heteroatoms. The number of anilines is 1. The van der Waals surface area contributed by atoms with Gasteiger partial charge in [-0.1, -0.05) is 31.0 Å². The van der Waals surface area contributed by atoms with Crippen LogP contribution in [0.2, 0.25) is 0 Å². The van der Waals surface area contributed by atoms with Crippen LogP contribution in [-0.4, -0.2) is 57.2 Å². The van der Waals surface area contributed by atoms with Crippen LogP contribution in [0.3, 0.4) is 0 Å². The van der Waals surface area contributed by atoms with E-state index in [2.05, 4.69) is 34.5 Å². The van der Waals surface area contributed by atoms with Crippen molar-refractivity contribution in [2.24, 2.45) is 11.3 Å². The van der Waals surface area contributed by atoms with Crippen LogP contribution in [0.15, 0.2) is 24.3 Å². The Hall–Kier alpha value is -1.59. The van der Waals surface area contributed by atoms with Crippen LogP contribution in [0, 0.1) is 11.3 Å². The number of fused-ring (bicyclic) bond motifs is 1. The Morgan fingerprint density at radius 3 is 2.96 bits per heavy atom. The lowest BCUT2D eigenvalue weighted by Gasteiger charge is -2.40. The number of benzene rings is 1. The van der Waals surface area contributed by atoms with Gasteiger partial charge in [0.25, 0.3) is 0 Å². The average molecular weight is 357 g/mol. The molecule has 1 saturated carbocycles. The van der Waals surface area contributed by atoms with Crippen LogP contribution >= 0.6 is 0 Å². The summed E-state index contributed by atoms with van der Waals surface area (Å²) in [5.41, 5.74) is 2.32. The summed E-state index contributed by atoms with van der Waals surface area (Å²) in [6.45, 7) is 5.94. The number of amides is 1. The van der Waals surface area contributed by atoms with Gasteiger partial charge in [-0.15, -0.1) is 0 Å². The monoisotopic (exact) mass is 357 g/mol. The maximum atomic E-state index is 13.4. The smallest absolute Gasteiger partial charge is 0.230 e. The van der Waals surface area contributed by atoms with Crippen molar-refractivity contribution < 1.29 is 9.53 Å². The van der Waals surface area contributed by atoms with E-state index in [1.54, 1.807) is 0 Å². The maximum Gasteiger partial charge on any atom is 0.230 e. The van der Waals surface area contributed by atoms with Gasteiger partial charge < -0.3 is 19.9 Å². The van der Waals surface area contributed by atoms with Gasteiger partial charge in [0.15, 0.2) is 0 Å². The molecular formula is C21H31N3O2. The number of para-hydroxylation sites is 1. The predicted octanol–water partition coefficient (Wildman–Crippen LogP) is 2.26. The molecular weight excluding hydrogens is 326 g/mol. The van der Waals surface area contributed by atoms with Crippen LogP contribution in [0.1, 0.15) is 31.2 Å². The first-order valence-corrected chi connectivity index (χ1v) is 10.1. The number of nitrogens with zero attached hydrogens (tertiary/aromatic N) is 2. The van der Waals surface area contributed by atoms with E-state index in [0.717, 1.165) is 45.8 Å². The number of nitrogens with one attached hydrogen (secondary N) is 1. The lowest BCUT2D eigenvalue weighted by molar-refractivity contribution is -0.144. The molecule has 3 fully saturated rings. The topological polar surface area (TPSA) is 44.8 Å². The zero-order valence-corrected chi connectivity index (χ0v) is 15.9. The van der Waals surface area contributed by atoms with Gasteiger partial charge in [0.2, 0.25) is 5.91 Å². The minimum Gasteiger partial charge on any atom is -0.378 e. The minimum absolute atomic E-state index is 0.166. The van der Waals surface area contributed by atoms with E-state index in [-0.39, 0.29) is 5.41 Å². The molecule has 0 radical (unpaired) electrons. The van der Waals surface area contributed by atoms with E-state index in [0.29, 0.717) is 18.4 Å². The van der Waals surface area contributed by atoms with Gasteiger partial charge in [-0.05, 0) is 36.9 Å². The molecule has 1 amide bonds. The lowest BCUT2D eigenvalue weighted by Crippen LogP contribution is -2.48. The molecule has 0 aromatic heterocycles. The van der Waals surface area contributed by atoms with Crippen LogP contribution < -0.4 is 10.2 Å². The first-order chi connectivity index (χ1) is 12.7. The van der Waals surface area contributed by atoms with Crippen LogP contribution in [0.5, 0.6) is 0 Å². The van der Waals surface area contributed by atoms with Crippen molar-refractivity contribution in [1.29, 1.82) is 0 Å². The molecule has 2 atom stereocenters. The second kappa shape index (κ2) is 7.57. The fourth-order valence-corrected chi connectivity index (χ4v) is 5.13. The molecule has 1 N–H and O–H groups in total. The standard InChI is InChI=1S/C21H31N3O2/c1-23(20(25)21-9-5-4-7-18(21)14-22-16-21)15-17-6-2-3-8-19(17)24-10-12-26-13-11-24/h2-3,6,8,18,22H,4-5,7,9-16H2,1H3/t18-,21+/m0/s1. The maximum absolute atomic E-state index is 13.4. The van der Waals surface area contributed by atoms with Gasteiger partial charge in [0, 0.05) is 38.9 Å². The number of ether oxygens (including phenoxy) is 1. The summed E-state index contributed by atoms with van der Waals surface area (Å²) >= 11 is 0. The zero-order valence-electron chi connectivity index (χ0n) is 15.9. The highest BCUT2D eigenvalue weighted by molar-refractivity contribution is 5.84. The molecule has 142 valence electrons. The first kappa shape index (κ1) is 17.8. The number of hydrogen-bond donors (Lipinski definition) is 1. The highest BCUT2D eigenvalue weighted by Crippen LogP contribution is 2.45. The minimum atomic E-state index is -0.166. The highest BCUT2D eigenvalue weighted by Gasteiger charge is 2.50. The Labute approximate surface area is 156 Å². The van der Waals surface area contributed by atoms with E-state index in [9.17, 15) is 4.79 Å². The largest absolute Gasteiger partial charge is 0.378 e. The van der Waals surface area contributed by atoms with Gasteiger partial charge in [0.1, 0.15) is 0 Å². The highest BCUT2D eigenvalue weighted by atomic mass is 16.5. The SMILES string of the molecule is CN(Cc1ccccc1N1CCOCC1)C(=O)[C@@]12CCCC[C@H]1CNC2. The summed E-state index contributed by atoms with van der Waals surface area (Å²) in [7, 11) is 1.98. The van der Waals surface area contributed by atoms with Crippen LogP contribution in [0.25, 0.3) is 0 Å². The Balaban J connectivity index is 1.51. The van der Waals surface area contributed by atoms with Crippen molar-refractivity contribution in [3.8, 4) is 0 Å². The fourth-order valence-electron chi connectivity index (χ4n) is 5.13. The van der Waals surface area contributed by atoms with Crippen molar-refractivity contribution in [2.75, 3.05) is 51.3 Å². The van der Waals surface area contributed by atoms with Crippen molar-refractivity contribution in [2.45, 2.75) is 32.2 Å². The zero-order chi connectivity index (χ0) is 18.0. The van der Waals surface area contributed by atoms with Gasteiger partial charge in [0.05, 0.1) is 18.6 Å². The molecule has 3 aliphatic rings. The third-order valence-corrected chi connectivity index (χ3v) is 6.56. The summed E-state index contributed by atoms with van der Waals surface area (Å²) in [6, 6.07) is 8.51. The molecule has 5 nitrogen and oxygen atoms in total. The normalized spacial score (nSPS) is 28.7. The molecule has 1 aliphatic carbocycles. The van der Waals surface area contributed by atoms with Gasteiger partial charge in [-0.3, -0.25) is 4.79 Å². The average Bonchev–Trinajstić information content (AvgIpc) is 3.13. The van der Waals surface area contributed by atoms with Gasteiger partial charge in [-0.25, -0.2) is 0 Å². The Kier molecular flexibility index (Phi) is 5.18. The third kappa shape index (κ3) is 3.23. The first-order valence-electron chi connectivity index (χ1n) is 10.1. The summed E-state index contributed by atoms with van der Waals surface area (Å²) in [5, 5.41) is 3.50. The molecule has 0 unspecified atom stereocenters. The Morgan fingerprint density at radius 1 is 1.31 bits per heavy atom. The number of rotatable bonds is 4. The second-order valence-electron chi connectivity index (χ2n) is 8.12. The number of carbonyl (C=O) groups is 1.